The monoisotopic (exact) mass is 356 g/mol. The van der Waals surface area contributed by atoms with Crippen molar-refractivity contribution < 1.29 is 14.6 Å². The second-order valence-electron chi connectivity index (χ2n) is 5.83. The molecule has 1 saturated heterocycles. The van der Waals surface area contributed by atoms with Gasteiger partial charge in [0.05, 0.1) is 21.2 Å². The van der Waals surface area contributed by atoms with Gasteiger partial charge < -0.3 is 0 Å². The third-order valence-corrected chi connectivity index (χ3v) is 4.15. The summed E-state index contributed by atoms with van der Waals surface area (Å²) in [5, 5.41) is 25.0. The predicted molar refractivity (Wildman–Crippen MR) is 93.9 cm³/mol. The number of hydrazine groups is 1. The molecule has 9 heteroatoms. The Labute approximate surface area is 148 Å². The molecular formula is C17H16N4O5. The van der Waals surface area contributed by atoms with Crippen LogP contribution < -0.4 is 5.01 Å². The molecule has 26 heavy (non-hydrogen) atoms. The van der Waals surface area contributed by atoms with Crippen LogP contribution in [0.2, 0.25) is 0 Å². The Morgan fingerprint density at radius 3 is 1.65 bits per heavy atom. The number of nitro groups is 2. The lowest BCUT2D eigenvalue weighted by Crippen LogP contribution is -2.46. The lowest BCUT2D eigenvalue weighted by atomic mass is 10.1. The Morgan fingerprint density at radius 1 is 0.808 bits per heavy atom. The van der Waals surface area contributed by atoms with Crippen molar-refractivity contribution in [2.24, 2.45) is 0 Å². The molecule has 9 nitrogen and oxygen atoms in total. The van der Waals surface area contributed by atoms with Gasteiger partial charge in [0.25, 0.3) is 11.4 Å². The number of nitrogens with zero attached hydrogens (tertiary/aromatic N) is 4. The van der Waals surface area contributed by atoms with E-state index in [0.717, 1.165) is 12.8 Å². The average molecular weight is 356 g/mol. The van der Waals surface area contributed by atoms with Crippen LogP contribution in [0.3, 0.4) is 0 Å². The van der Waals surface area contributed by atoms with Crippen molar-refractivity contribution in [2.45, 2.75) is 19.3 Å². The van der Waals surface area contributed by atoms with Crippen molar-refractivity contribution in [1.82, 2.24) is 5.01 Å². The summed E-state index contributed by atoms with van der Waals surface area (Å²) in [5.41, 5.74) is 1.03. The highest BCUT2D eigenvalue weighted by atomic mass is 16.6. The van der Waals surface area contributed by atoms with Gasteiger partial charge in [0.15, 0.2) is 0 Å². The Balaban J connectivity index is 2.02. The highest BCUT2D eigenvalue weighted by Crippen LogP contribution is 2.32. The number of amides is 1. The molecular weight excluding hydrogens is 340 g/mol. The van der Waals surface area contributed by atoms with Gasteiger partial charge >= 0.3 is 0 Å². The first-order valence-electron chi connectivity index (χ1n) is 8.06. The highest BCUT2D eigenvalue weighted by molar-refractivity contribution is 5.81. The van der Waals surface area contributed by atoms with Gasteiger partial charge in [-0.25, -0.2) is 5.01 Å². The van der Waals surface area contributed by atoms with E-state index >= 15 is 0 Å². The molecule has 0 spiro atoms. The molecule has 0 unspecified atom stereocenters. The minimum absolute atomic E-state index is 0.0534. The molecule has 0 saturated carbocycles. The SMILES string of the molecule is O=C1CCCCN1N(c1ccc([N+](=O)[O-])cc1)c1ccc([N+](=O)[O-])cc1. The average Bonchev–Trinajstić information content (AvgIpc) is 2.64. The van der Waals surface area contributed by atoms with E-state index in [4.69, 9.17) is 0 Å². The topological polar surface area (TPSA) is 110 Å². The number of carbonyl (C=O) groups is 1. The minimum Gasteiger partial charge on any atom is -0.273 e. The maximum atomic E-state index is 12.4. The predicted octanol–water partition coefficient (Wildman–Crippen LogP) is 3.57. The van der Waals surface area contributed by atoms with E-state index in [0.29, 0.717) is 24.3 Å². The van der Waals surface area contributed by atoms with Crippen LogP contribution in [-0.4, -0.2) is 27.3 Å². The number of rotatable bonds is 5. The van der Waals surface area contributed by atoms with E-state index in [9.17, 15) is 25.0 Å². The van der Waals surface area contributed by atoms with E-state index in [-0.39, 0.29) is 17.3 Å². The Hall–Kier alpha value is -3.49. The molecule has 1 fully saturated rings. The van der Waals surface area contributed by atoms with Crippen molar-refractivity contribution in [3.63, 3.8) is 0 Å². The summed E-state index contributed by atoms with van der Waals surface area (Å²) in [7, 11) is 0. The third-order valence-electron chi connectivity index (χ3n) is 4.15. The molecule has 0 bridgehead atoms. The first-order chi connectivity index (χ1) is 12.5. The fraction of sp³-hybridized carbons (Fsp3) is 0.235. The maximum Gasteiger partial charge on any atom is 0.269 e. The van der Waals surface area contributed by atoms with Gasteiger partial charge in [-0.3, -0.25) is 30.0 Å². The normalized spacial score (nSPS) is 14.2. The quantitative estimate of drug-likeness (QED) is 0.598. The summed E-state index contributed by atoms with van der Waals surface area (Å²) in [4.78, 5) is 33.2. The van der Waals surface area contributed by atoms with Gasteiger partial charge in [-0.1, -0.05) is 0 Å². The lowest BCUT2D eigenvalue weighted by Gasteiger charge is -2.38. The molecule has 2 aromatic rings. The second-order valence-corrected chi connectivity index (χ2v) is 5.83. The van der Waals surface area contributed by atoms with E-state index in [2.05, 4.69) is 0 Å². The minimum atomic E-state index is -0.494. The standard InChI is InChI=1S/C17H16N4O5/c22-17-3-1-2-12-18(17)19(13-4-8-15(9-5-13)20(23)24)14-6-10-16(11-7-14)21(25)26/h4-11H,1-3,12H2. The summed E-state index contributed by atoms with van der Waals surface area (Å²) in [6, 6.07) is 11.7. The van der Waals surface area contributed by atoms with Gasteiger partial charge in [0.2, 0.25) is 5.91 Å². The molecule has 1 aliphatic rings. The summed E-state index contributed by atoms with van der Waals surface area (Å²) in [5.74, 6) is -0.0621. The van der Waals surface area contributed by atoms with E-state index in [1.165, 1.54) is 24.3 Å². The molecule has 1 amide bonds. The number of nitro benzene ring substituents is 2. The molecule has 0 aliphatic carbocycles. The van der Waals surface area contributed by atoms with Gasteiger partial charge in [0, 0.05) is 37.2 Å². The first-order valence-corrected chi connectivity index (χ1v) is 8.06. The summed E-state index contributed by atoms with van der Waals surface area (Å²) < 4.78 is 0. The van der Waals surface area contributed by atoms with Crippen LogP contribution in [-0.2, 0) is 4.79 Å². The number of carbonyl (C=O) groups excluding carboxylic acids is 1. The van der Waals surface area contributed by atoms with E-state index in [1.807, 2.05) is 0 Å². The summed E-state index contributed by atoms with van der Waals surface area (Å²) in [6.07, 6.45) is 2.06. The van der Waals surface area contributed by atoms with E-state index in [1.54, 1.807) is 34.3 Å². The summed E-state index contributed by atoms with van der Waals surface area (Å²) >= 11 is 0. The number of non-ortho nitro benzene ring substituents is 2. The number of piperidine rings is 1. The molecule has 0 N–H and O–H groups in total. The number of hydrogen-bond donors (Lipinski definition) is 0. The molecule has 0 radical (unpaired) electrons. The van der Waals surface area contributed by atoms with Crippen molar-refractivity contribution in [3.05, 3.63) is 68.8 Å². The zero-order valence-electron chi connectivity index (χ0n) is 13.8. The highest BCUT2D eigenvalue weighted by Gasteiger charge is 2.26. The molecule has 0 atom stereocenters. The second kappa shape index (κ2) is 7.18. The van der Waals surface area contributed by atoms with Crippen LogP contribution in [0.1, 0.15) is 19.3 Å². The van der Waals surface area contributed by atoms with Gasteiger partial charge in [-0.15, -0.1) is 0 Å². The maximum absolute atomic E-state index is 12.4. The molecule has 2 aromatic carbocycles. The Bertz CT molecular complexity index is 778. The van der Waals surface area contributed by atoms with Crippen molar-refractivity contribution >= 4 is 28.7 Å². The van der Waals surface area contributed by atoms with Crippen molar-refractivity contribution in [1.29, 1.82) is 0 Å². The summed E-state index contributed by atoms with van der Waals surface area (Å²) in [6.45, 7) is 0.507. The van der Waals surface area contributed by atoms with Crippen LogP contribution in [0.15, 0.2) is 48.5 Å². The third kappa shape index (κ3) is 3.46. The van der Waals surface area contributed by atoms with Crippen LogP contribution in [0, 0.1) is 20.2 Å². The van der Waals surface area contributed by atoms with Crippen molar-refractivity contribution in [3.8, 4) is 0 Å². The zero-order valence-corrected chi connectivity index (χ0v) is 13.8. The van der Waals surface area contributed by atoms with Gasteiger partial charge in [-0.2, -0.15) is 0 Å². The fourth-order valence-corrected chi connectivity index (χ4v) is 2.86. The van der Waals surface area contributed by atoms with Crippen LogP contribution in [0.4, 0.5) is 22.7 Å². The molecule has 1 aliphatic heterocycles. The zero-order chi connectivity index (χ0) is 18.7. The Morgan fingerprint density at radius 2 is 1.27 bits per heavy atom. The molecule has 134 valence electrons. The van der Waals surface area contributed by atoms with Gasteiger partial charge in [-0.05, 0) is 37.1 Å². The molecule has 0 aromatic heterocycles. The van der Waals surface area contributed by atoms with Crippen molar-refractivity contribution in [2.75, 3.05) is 11.6 Å². The molecule has 1 heterocycles. The smallest absolute Gasteiger partial charge is 0.269 e. The van der Waals surface area contributed by atoms with Crippen LogP contribution in [0.5, 0.6) is 0 Å². The number of hydrogen-bond acceptors (Lipinski definition) is 6. The largest absolute Gasteiger partial charge is 0.273 e. The van der Waals surface area contributed by atoms with Crippen LogP contribution >= 0.6 is 0 Å². The van der Waals surface area contributed by atoms with Crippen LogP contribution in [0.25, 0.3) is 0 Å². The number of benzene rings is 2. The number of anilines is 2. The molecule has 3 rings (SSSR count). The Kier molecular flexibility index (Phi) is 4.78. The lowest BCUT2D eigenvalue weighted by molar-refractivity contribution is -0.385. The van der Waals surface area contributed by atoms with Gasteiger partial charge in [0.1, 0.15) is 0 Å². The first kappa shape index (κ1) is 17.3. The fourth-order valence-electron chi connectivity index (χ4n) is 2.86. The van der Waals surface area contributed by atoms with E-state index < -0.39 is 9.85 Å².